The van der Waals surface area contributed by atoms with Crippen molar-refractivity contribution in [1.82, 2.24) is 13.7 Å². The fraction of sp³-hybridized carbons (Fsp3) is 0. The molecular weight excluding hydrogens is 851 g/mol. The van der Waals surface area contributed by atoms with Crippen LogP contribution in [0.15, 0.2) is 253 Å². The average molecular weight is 892 g/mol. The number of nitrogens with zero attached hydrogens (tertiary/aromatic N) is 3. The second-order valence-electron chi connectivity index (χ2n) is 18.5. The molecule has 4 heteroatoms. The van der Waals surface area contributed by atoms with Gasteiger partial charge in [-0.3, -0.25) is 0 Å². The van der Waals surface area contributed by atoms with Crippen molar-refractivity contribution in [2.45, 2.75) is 0 Å². The Hall–Kier alpha value is -9.38. The molecule has 0 amide bonds. The normalized spacial score (nSPS) is 12.0. The third-order valence-electron chi connectivity index (χ3n) is 14.6. The standard InChI is InChI=1S/C66H41N3O/c1-4-14-42(15-5-1)43-24-30-50(31-25-43)67-59-22-12-11-21-52(59)57-38-44(28-36-61(57)67)45-29-37-63-58(39-45)54-33-27-47(41-64(54)70-63)46-26-32-53-56-35-34-55-51-20-10-13-23-60(51)68(48-16-6-2-7-17-48)65(55)66(56)69(62(53)40-46)49-18-8-3-9-19-49/h1-41H. The Kier molecular flexibility index (Phi) is 8.33. The number of fused-ring (bicyclic) bond motifs is 13. The SMILES string of the molecule is c1ccc(-c2ccc(-n3c4ccccc4c4cc(-c5ccc6oc7cc(-c8ccc9c%10ccc%11c%12ccccc%12n(-c%12ccccc%12)c%11c%10n(-c%10ccccc%10)c9c8)ccc7c6c5)ccc43)cc2)cc1. The molecule has 4 nitrogen and oxygen atoms in total. The zero-order chi connectivity index (χ0) is 45.9. The number of hydrogen-bond acceptors (Lipinski definition) is 1. The summed E-state index contributed by atoms with van der Waals surface area (Å²) in [6.45, 7) is 0. The molecule has 0 radical (unpaired) electrons. The van der Waals surface area contributed by atoms with E-state index in [1.807, 2.05) is 0 Å². The molecule has 4 heterocycles. The summed E-state index contributed by atoms with van der Waals surface area (Å²) in [5.41, 5.74) is 19.3. The highest BCUT2D eigenvalue weighted by atomic mass is 16.3. The van der Waals surface area contributed by atoms with Crippen LogP contribution in [0.3, 0.4) is 0 Å². The lowest BCUT2D eigenvalue weighted by Crippen LogP contribution is -1.98. The van der Waals surface area contributed by atoms with Crippen LogP contribution in [0.1, 0.15) is 0 Å². The summed E-state index contributed by atoms with van der Waals surface area (Å²) in [6, 6.07) is 90.3. The number of rotatable bonds is 6. The molecule has 15 aromatic rings. The summed E-state index contributed by atoms with van der Waals surface area (Å²) in [7, 11) is 0. The van der Waals surface area contributed by atoms with Gasteiger partial charge in [0, 0.05) is 60.2 Å². The molecule has 11 aromatic carbocycles. The van der Waals surface area contributed by atoms with Crippen LogP contribution in [0.2, 0.25) is 0 Å². The van der Waals surface area contributed by atoms with E-state index >= 15 is 0 Å². The molecule has 0 fully saturated rings. The molecule has 0 bridgehead atoms. The predicted molar refractivity (Wildman–Crippen MR) is 293 cm³/mol. The Balaban J connectivity index is 0.843. The lowest BCUT2D eigenvalue weighted by molar-refractivity contribution is 0.669. The zero-order valence-corrected chi connectivity index (χ0v) is 37.9. The van der Waals surface area contributed by atoms with Gasteiger partial charge in [0.15, 0.2) is 0 Å². The van der Waals surface area contributed by atoms with Gasteiger partial charge >= 0.3 is 0 Å². The maximum Gasteiger partial charge on any atom is 0.136 e. The van der Waals surface area contributed by atoms with Crippen LogP contribution >= 0.6 is 0 Å². The third kappa shape index (κ3) is 5.77. The van der Waals surface area contributed by atoms with Crippen molar-refractivity contribution in [3.05, 3.63) is 249 Å². The van der Waals surface area contributed by atoms with Gasteiger partial charge in [0.1, 0.15) is 11.2 Å². The van der Waals surface area contributed by atoms with Gasteiger partial charge in [-0.05, 0) is 124 Å². The number of benzene rings is 11. The molecule has 0 spiro atoms. The van der Waals surface area contributed by atoms with E-state index in [9.17, 15) is 0 Å². The largest absolute Gasteiger partial charge is 0.456 e. The molecule has 4 aromatic heterocycles. The minimum Gasteiger partial charge on any atom is -0.456 e. The second kappa shape index (κ2) is 15.1. The van der Waals surface area contributed by atoms with Gasteiger partial charge in [0.2, 0.25) is 0 Å². The smallest absolute Gasteiger partial charge is 0.136 e. The molecule has 0 aliphatic carbocycles. The molecule has 0 atom stereocenters. The van der Waals surface area contributed by atoms with Gasteiger partial charge < -0.3 is 18.1 Å². The third-order valence-corrected chi connectivity index (χ3v) is 14.6. The number of furan rings is 1. The molecule has 0 saturated carbocycles. The van der Waals surface area contributed by atoms with Crippen LogP contribution in [0.25, 0.3) is 138 Å². The van der Waals surface area contributed by atoms with Crippen LogP contribution in [0.4, 0.5) is 0 Å². The van der Waals surface area contributed by atoms with Gasteiger partial charge in [0.05, 0.1) is 33.1 Å². The van der Waals surface area contributed by atoms with Crippen LogP contribution in [-0.2, 0) is 0 Å². The summed E-state index contributed by atoms with van der Waals surface area (Å²) < 4.78 is 14.0. The summed E-state index contributed by atoms with van der Waals surface area (Å²) in [6.07, 6.45) is 0. The monoisotopic (exact) mass is 891 g/mol. The molecule has 0 aliphatic heterocycles. The summed E-state index contributed by atoms with van der Waals surface area (Å²) in [5.74, 6) is 0. The van der Waals surface area contributed by atoms with Crippen molar-refractivity contribution in [1.29, 1.82) is 0 Å². The van der Waals surface area contributed by atoms with E-state index in [2.05, 4.69) is 262 Å². The van der Waals surface area contributed by atoms with Gasteiger partial charge in [-0.25, -0.2) is 0 Å². The van der Waals surface area contributed by atoms with Crippen LogP contribution in [0.5, 0.6) is 0 Å². The first-order valence-electron chi connectivity index (χ1n) is 24.0. The lowest BCUT2D eigenvalue weighted by Gasteiger charge is -2.12. The second-order valence-corrected chi connectivity index (χ2v) is 18.5. The van der Waals surface area contributed by atoms with Gasteiger partial charge in [-0.2, -0.15) is 0 Å². The Morgan fingerprint density at radius 2 is 0.643 bits per heavy atom. The fourth-order valence-electron chi connectivity index (χ4n) is 11.4. The van der Waals surface area contributed by atoms with Crippen LogP contribution in [0, 0.1) is 0 Å². The van der Waals surface area contributed by atoms with Gasteiger partial charge in [-0.1, -0.05) is 158 Å². The maximum absolute atomic E-state index is 6.67. The molecule has 326 valence electrons. The Labute approximate surface area is 402 Å². The van der Waals surface area contributed by atoms with Crippen molar-refractivity contribution < 1.29 is 4.42 Å². The van der Waals surface area contributed by atoms with Gasteiger partial charge in [-0.15, -0.1) is 0 Å². The van der Waals surface area contributed by atoms with E-state index in [0.29, 0.717) is 0 Å². The number of aromatic nitrogens is 3. The molecule has 15 rings (SSSR count). The zero-order valence-electron chi connectivity index (χ0n) is 37.9. The highest BCUT2D eigenvalue weighted by Crippen LogP contribution is 2.44. The molecule has 0 N–H and O–H groups in total. The molecule has 0 aliphatic rings. The quantitative estimate of drug-likeness (QED) is 0.163. The fourth-order valence-corrected chi connectivity index (χ4v) is 11.4. The highest BCUT2D eigenvalue weighted by molar-refractivity contribution is 6.24. The van der Waals surface area contributed by atoms with E-state index < -0.39 is 0 Å². The van der Waals surface area contributed by atoms with E-state index in [0.717, 1.165) is 61.2 Å². The predicted octanol–water partition coefficient (Wildman–Crippen LogP) is 17.9. The molecule has 0 saturated heterocycles. The number of para-hydroxylation sites is 4. The van der Waals surface area contributed by atoms with Crippen molar-refractivity contribution in [2.24, 2.45) is 0 Å². The van der Waals surface area contributed by atoms with E-state index in [-0.39, 0.29) is 0 Å². The first-order valence-corrected chi connectivity index (χ1v) is 24.0. The molecular formula is C66H41N3O. The van der Waals surface area contributed by atoms with E-state index in [4.69, 9.17) is 4.42 Å². The summed E-state index contributed by atoms with van der Waals surface area (Å²) in [5, 5.41) is 9.59. The summed E-state index contributed by atoms with van der Waals surface area (Å²) >= 11 is 0. The first kappa shape index (κ1) is 38.7. The van der Waals surface area contributed by atoms with Crippen LogP contribution in [-0.4, -0.2) is 13.7 Å². The topological polar surface area (TPSA) is 27.9 Å². The maximum atomic E-state index is 6.67. The summed E-state index contributed by atoms with van der Waals surface area (Å²) in [4.78, 5) is 0. The number of hydrogen-bond donors (Lipinski definition) is 0. The first-order chi connectivity index (χ1) is 34.7. The average Bonchev–Trinajstić information content (AvgIpc) is 4.17. The van der Waals surface area contributed by atoms with Crippen molar-refractivity contribution in [3.8, 4) is 50.4 Å². The minimum absolute atomic E-state index is 0.874. The highest BCUT2D eigenvalue weighted by Gasteiger charge is 2.22. The lowest BCUT2D eigenvalue weighted by atomic mass is 9.99. The molecule has 0 unspecified atom stereocenters. The van der Waals surface area contributed by atoms with Gasteiger partial charge in [0.25, 0.3) is 0 Å². The Morgan fingerprint density at radius 3 is 1.33 bits per heavy atom. The Bertz CT molecular complexity index is 4550. The minimum atomic E-state index is 0.874. The van der Waals surface area contributed by atoms with E-state index in [1.54, 1.807) is 0 Å². The van der Waals surface area contributed by atoms with Crippen molar-refractivity contribution >= 4 is 87.4 Å². The molecule has 70 heavy (non-hydrogen) atoms. The van der Waals surface area contributed by atoms with Crippen LogP contribution < -0.4 is 0 Å². The van der Waals surface area contributed by atoms with Crippen molar-refractivity contribution in [3.63, 3.8) is 0 Å². The van der Waals surface area contributed by atoms with E-state index in [1.165, 1.54) is 76.6 Å². The Morgan fingerprint density at radius 1 is 0.214 bits per heavy atom. The van der Waals surface area contributed by atoms with Crippen molar-refractivity contribution in [2.75, 3.05) is 0 Å².